The predicted molar refractivity (Wildman–Crippen MR) is 102 cm³/mol. The molecule has 1 unspecified atom stereocenters. The van der Waals surface area contributed by atoms with Crippen molar-refractivity contribution >= 4 is 58.0 Å². The lowest BCUT2D eigenvalue weighted by molar-refractivity contribution is -0.117. The minimum atomic E-state index is -1.06. The second-order valence-corrected chi connectivity index (χ2v) is 7.91. The molecule has 9 heteroatoms. The number of nitriles is 1. The molecule has 0 spiro atoms. The first-order valence-electron chi connectivity index (χ1n) is 7.70. The van der Waals surface area contributed by atoms with Gasteiger partial charge in [-0.25, -0.2) is 4.39 Å². The maximum Gasteiger partial charge on any atom is 0.257 e. The van der Waals surface area contributed by atoms with Crippen molar-refractivity contribution in [2.24, 2.45) is 5.92 Å². The monoisotopic (exact) mass is 425 g/mol. The lowest BCUT2D eigenvalue weighted by Gasteiger charge is -2.11. The Hall–Kier alpha value is -2.33. The molecule has 0 saturated heterocycles. The minimum absolute atomic E-state index is 0.0294. The average Bonchev–Trinajstić information content (AvgIpc) is 3.26. The summed E-state index contributed by atoms with van der Waals surface area (Å²) in [5, 5.41) is 14.3. The lowest BCUT2D eigenvalue weighted by atomic mass is 10.1. The molecule has 27 heavy (non-hydrogen) atoms. The normalized spacial score (nSPS) is 16.9. The minimum Gasteiger partial charge on any atom is -0.326 e. The van der Waals surface area contributed by atoms with Gasteiger partial charge in [-0.2, -0.15) is 5.26 Å². The van der Waals surface area contributed by atoms with E-state index in [0.29, 0.717) is 12.1 Å². The molecule has 138 valence electrons. The highest BCUT2D eigenvalue weighted by Crippen LogP contribution is 2.53. The van der Waals surface area contributed by atoms with Gasteiger partial charge in [-0.1, -0.05) is 11.6 Å². The quantitative estimate of drug-likeness (QED) is 0.693. The smallest absolute Gasteiger partial charge is 0.257 e. The molecule has 5 nitrogen and oxygen atoms in total. The molecule has 1 atom stereocenters. The Balaban J connectivity index is 1.79. The van der Waals surface area contributed by atoms with Crippen LogP contribution in [0.25, 0.3) is 0 Å². The maximum absolute atomic E-state index is 13.2. The number of carbonyl (C=O) groups excluding carboxylic acids is 2. The van der Waals surface area contributed by atoms with Gasteiger partial charge >= 0.3 is 0 Å². The largest absolute Gasteiger partial charge is 0.326 e. The topological polar surface area (TPSA) is 82.0 Å². The summed E-state index contributed by atoms with van der Waals surface area (Å²) in [7, 11) is 0. The van der Waals surface area contributed by atoms with Gasteiger partial charge < -0.3 is 10.6 Å². The molecule has 2 aromatic rings. The van der Waals surface area contributed by atoms with Crippen molar-refractivity contribution in [1.29, 1.82) is 5.26 Å². The first kappa shape index (κ1) is 19.4. The molecular formula is C18H11Cl3FN3O2. The number of carbonyl (C=O) groups is 2. The molecule has 2 aromatic carbocycles. The molecule has 0 heterocycles. The summed E-state index contributed by atoms with van der Waals surface area (Å²) in [4.78, 5) is 24.6. The number of amides is 2. The van der Waals surface area contributed by atoms with E-state index in [9.17, 15) is 14.0 Å². The van der Waals surface area contributed by atoms with Crippen molar-refractivity contribution in [3.63, 3.8) is 0 Å². The molecule has 0 aliphatic heterocycles. The fourth-order valence-electron chi connectivity index (χ4n) is 2.41. The molecule has 1 aliphatic rings. The zero-order chi connectivity index (χ0) is 19.8. The molecular weight excluding hydrogens is 416 g/mol. The van der Waals surface area contributed by atoms with E-state index in [1.165, 1.54) is 24.3 Å². The second-order valence-electron chi connectivity index (χ2n) is 5.96. The zero-order valence-electron chi connectivity index (χ0n) is 13.5. The van der Waals surface area contributed by atoms with Crippen LogP contribution in [0.15, 0.2) is 36.4 Å². The van der Waals surface area contributed by atoms with Crippen molar-refractivity contribution in [3.05, 3.63) is 58.4 Å². The Bertz CT molecular complexity index is 988. The maximum atomic E-state index is 13.2. The van der Waals surface area contributed by atoms with Crippen molar-refractivity contribution in [3.8, 4) is 6.07 Å². The van der Waals surface area contributed by atoms with E-state index in [2.05, 4.69) is 10.6 Å². The molecule has 1 fully saturated rings. The van der Waals surface area contributed by atoms with Gasteiger partial charge in [0, 0.05) is 5.69 Å². The standard InChI is InChI=1S/C18H11Cl3FN3O2/c19-14-3-2-11(24-17(27)13-7-18(13,20)21)6-12(14)16(26)25-15-4-1-10(22)5-9(15)8-23/h1-6,13H,7H2,(H,24,27)(H,25,26). The number of nitrogens with one attached hydrogen (secondary N) is 2. The van der Waals surface area contributed by atoms with E-state index in [0.717, 1.165) is 12.1 Å². The number of alkyl halides is 2. The molecule has 2 amide bonds. The van der Waals surface area contributed by atoms with E-state index in [1.807, 2.05) is 0 Å². The van der Waals surface area contributed by atoms with Crippen molar-refractivity contribution in [2.75, 3.05) is 10.6 Å². The highest BCUT2D eigenvalue weighted by molar-refractivity contribution is 6.52. The molecule has 0 aromatic heterocycles. The summed E-state index contributed by atoms with van der Waals surface area (Å²) in [5.74, 6) is -2.10. The number of halogens is 4. The predicted octanol–water partition coefficient (Wildman–Crippen LogP) is 4.74. The summed E-state index contributed by atoms with van der Waals surface area (Å²) in [6, 6.07) is 9.57. The van der Waals surface area contributed by atoms with Gasteiger partial charge in [-0.3, -0.25) is 9.59 Å². The highest BCUT2D eigenvalue weighted by Gasteiger charge is 2.56. The van der Waals surface area contributed by atoms with Crippen LogP contribution in [0.1, 0.15) is 22.3 Å². The number of hydrogen-bond acceptors (Lipinski definition) is 3. The van der Waals surface area contributed by atoms with Gasteiger partial charge in [-0.05, 0) is 42.8 Å². The number of rotatable bonds is 4. The van der Waals surface area contributed by atoms with Gasteiger partial charge in [0.15, 0.2) is 0 Å². The number of hydrogen-bond donors (Lipinski definition) is 2. The van der Waals surface area contributed by atoms with Gasteiger partial charge in [0.25, 0.3) is 5.91 Å². The molecule has 1 saturated carbocycles. The summed E-state index contributed by atoms with van der Waals surface area (Å²) < 4.78 is 12.2. The first-order chi connectivity index (χ1) is 12.7. The summed E-state index contributed by atoms with van der Waals surface area (Å²) >= 11 is 17.8. The molecule has 3 rings (SSSR count). The fourth-order valence-corrected chi connectivity index (χ4v) is 3.12. The Kier molecular flexibility index (Phi) is 5.29. The Morgan fingerprint density at radius 3 is 2.52 bits per heavy atom. The number of anilines is 2. The Morgan fingerprint density at radius 1 is 1.19 bits per heavy atom. The third kappa shape index (κ3) is 4.33. The van der Waals surface area contributed by atoms with Crippen LogP contribution in [-0.2, 0) is 4.79 Å². The summed E-state index contributed by atoms with van der Waals surface area (Å²) in [5.41, 5.74) is 0.520. The van der Waals surface area contributed by atoms with E-state index in [-0.39, 0.29) is 27.7 Å². The van der Waals surface area contributed by atoms with E-state index in [4.69, 9.17) is 40.1 Å². The molecule has 0 radical (unpaired) electrons. The van der Waals surface area contributed by atoms with Gasteiger partial charge in [0.05, 0.1) is 27.8 Å². The lowest BCUT2D eigenvalue weighted by Crippen LogP contribution is -2.18. The van der Waals surface area contributed by atoms with Crippen LogP contribution in [0.5, 0.6) is 0 Å². The van der Waals surface area contributed by atoms with Crippen LogP contribution in [0.4, 0.5) is 15.8 Å². The number of nitrogens with zero attached hydrogens (tertiary/aromatic N) is 1. The Morgan fingerprint density at radius 2 is 1.89 bits per heavy atom. The van der Waals surface area contributed by atoms with Gasteiger partial charge in [-0.15, -0.1) is 23.2 Å². The van der Waals surface area contributed by atoms with Crippen LogP contribution < -0.4 is 10.6 Å². The molecule has 2 N–H and O–H groups in total. The van der Waals surface area contributed by atoms with Crippen molar-refractivity contribution < 1.29 is 14.0 Å². The number of benzene rings is 2. The van der Waals surface area contributed by atoms with Crippen LogP contribution in [0.2, 0.25) is 5.02 Å². The summed E-state index contributed by atoms with van der Waals surface area (Å²) in [6.07, 6.45) is 0.352. The third-order valence-corrected chi connectivity index (χ3v) is 5.14. The summed E-state index contributed by atoms with van der Waals surface area (Å²) in [6.45, 7) is 0. The van der Waals surface area contributed by atoms with E-state index >= 15 is 0 Å². The van der Waals surface area contributed by atoms with E-state index in [1.54, 1.807) is 6.07 Å². The highest BCUT2D eigenvalue weighted by atomic mass is 35.5. The molecule has 1 aliphatic carbocycles. The molecule has 0 bridgehead atoms. The van der Waals surface area contributed by atoms with Crippen LogP contribution in [-0.4, -0.2) is 16.1 Å². The van der Waals surface area contributed by atoms with Crippen LogP contribution >= 0.6 is 34.8 Å². The van der Waals surface area contributed by atoms with E-state index < -0.39 is 22.0 Å². The average molecular weight is 427 g/mol. The third-order valence-electron chi connectivity index (χ3n) is 3.97. The van der Waals surface area contributed by atoms with Crippen LogP contribution in [0.3, 0.4) is 0 Å². The van der Waals surface area contributed by atoms with Crippen molar-refractivity contribution in [1.82, 2.24) is 0 Å². The van der Waals surface area contributed by atoms with Gasteiger partial charge in [0.2, 0.25) is 5.91 Å². The van der Waals surface area contributed by atoms with Gasteiger partial charge in [0.1, 0.15) is 16.2 Å². The van der Waals surface area contributed by atoms with Crippen molar-refractivity contribution in [2.45, 2.75) is 10.8 Å². The Labute approximate surface area is 169 Å². The SMILES string of the molecule is N#Cc1cc(F)ccc1NC(=O)c1cc(NC(=O)C2CC2(Cl)Cl)ccc1Cl. The van der Waals surface area contributed by atoms with Crippen LogP contribution in [0, 0.1) is 23.1 Å². The fraction of sp³-hybridized carbons (Fsp3) is 0.167. The zero-order valence-corrected chi connectivity index (χ0v) is 15.8. The first-order valence-corrected chi connectivity index (χ1v) is 8.84. The second kappa shape index (κ2) is 7.35.